The SMILES string of the molecule is CC(C)CNCc1ccc(CN2CCCC2C)c(Br)c1. The molecule has 0 saturated carbocycles. The molecule has 0 bridgehead atoms. The molecule has 1 N–H and O–H groups in total. The van der Waals surface area contributed by atoms with E-state index >= 15 is 0 Å². The van der Waals surface area contributed by atoms with Crippen molar-refractivity contribution in [3.63, 3.8) is 0 Å². The summed E-state index contributed by atoms with van der Waals surface area (Å²) in [5.74, 6) is 0.703. The fourth-order valence-electron chi connectivity index (χ4n) is 2.78. The van der Waals surface area contributed by atoms with Crippen molar-refractivity contribution in [2.75, 3.05) is 13.1 Å². The zero-order chi connectivity index (χ0) is 14.5. The molecule has 1 aromatic carbocycles. The van der Waals surface area contributed by atoms with Crippen molar-refractivity contribution in [1.29, 1.82) is 0 Å². The summed E-state index contributed by atoms with van der Waals surface area (Å²) in [5.41, 5.74) is 2.77. The molecule has 1 aliphatic heterocycles. The first-order valence-electron chi connectivity index (χ1n) is 7.78. The second-order valence-corrected chi connectivity index (χ2v) is 7.27. The van der Waals surface area contributed by atoms with Crippen LogP contribution in [-0.2, 0) is 13.1 Å². The van der Waals surface area contributed by atoms with Crippen molar-refractivity contribution in [2.24, 2.45) is 5.92 Å². The summed E-state index contributed by atoms with van der Waals surface area (Å²) in [4.78, 5) is 2.58. The molecule has 1 heterocycles. The molecule has 0 aliphatic carbocycles. The topological polar surface area (TPSA) is 15.3 Å². The van der Waals surface area contributed by atoms with E-state index in [0.29, 0.717) is 5.92 Å². The van der Waals surface area contributed by atoms with Crippen molar-refractivity contribution in [1.82, 2.24) is 10.2 Å². The molecule has 0 amide bonds. The van der Waals surface area contributed by atoms with Crippen LogP contribution >= 0.6 is 15.9 Å². The maximum atomic E-state index is 3.74. The molecule has 1 aromatic rings. The smallest absolute Gasteiger partial charge is 0.0247 e. The molecule has 0 spiro atoms. The second kappa shape index (κ2) is 7.58. The molecule has 3 heteroatoms. The minimum atomic E-state index is 0.703. The molecular formula is C17H27BrN2. The Kier molecular flexibility index (Phi) is 6.06. The highest BCUT2D eigenvalue weighted by atomic mass is 79.9. The lowest BCUT2D eigenvalue weighted by atomic mass is 10.1. The van der Waals surface area contributed by atoms with Crippen LogP contribution in [0.25, 0.3) is 0 Å². The Morgan fingerprint density at radius 2 is 2.20 bits per heavy atom. The third-order valence-electron chi connectivity index (χ3n) is 4.06. The molecule has 1 fully saturated rings. The Morgan fingerprint density at radius 3 is 2.80 bits per heavy atom. The van der Waals surface area contributed by atoms with E-state index in [1.807, 2.05) is 0 Å². The molecule has 1 atom stereocenters. The van der Waals surface area contributed by atoms with E-state index in [2.05, 4.69) is 65.1 Å². The summed E-state index contributed by atoms with van der Waals surface area (Å²) in [6.45, 7) is 11.2. The van der Waals surface area contributed by atoms with E-state index in [1.54, 1.807) is 0 Å². The molecule has 1 saturated heterocycles. The first-order valence-corrected chi connectivity index (χ1v) is 8.57. The normalized spacial score (nSPS) is 19.9. The van der Waals surface area contributed by atoms with Crippen LogP contribution in [0, 0.1) is 5.92 Å². The maximum Gasteiger partial charge on any atom is 0.0247 e. The van der Waals surface area contributed by atoms with E-state index < -0.39 is 0 Å². The summed E-state index contributed by atoms with van der Waals surface area (Å²) in [6, 6.07) is 7.54. The Labute approximate surface area is 132 Å². The van der Waals surface area contributed by atoms with Crippen molar-refractivity contribution < 1.29 is 0 Å². The molecule has 1 unspecified atom stereocenters. The number of halogens is 1. The molecular weight excluding hydrogens is 312 g/mol. The summed E-state index contributed by atoms with van der Waals surface area (Å²) in [7, 11) is 0. The van der Waals surface area contributed by atoms with Gasteiger partial charge in [-0.1, -0.05) is 41.9 Å². The molecule has 2 rings (SSSR count). The number of benzene rings is 1. The standard InChI is InChI=1S/C17H27BrN2/c1-13(2)10-19-11-15-6-7-16(17(18)9-15)12-20-8-4-5-14(20)3/h6-7,9,13-14,19H,4-5,8,10-12H2,1-3H3. The Hall–Kier alpha value is -0.380. The van der Waals surface area contributed by atoms with Crippen molar-refractivity contribution in [3.05, 3.63) is 33.8 Å². The average Bonchev–Trinajstić information content (AvgIpc) is 2.78. The number of nitrogens with one attached hydrogen (secondary N) is 1. The van der Waals surface area contributed by atoms with Gasteiger partial charge in [0, 0.05) is 23.6 Å². The lowest BCUT2D eigenvalue weighted by Gasteiger charge is -2.22. The van der Waals surface area contributed by atoms with E-state index in [0.717, 1.165) is 25.7 Å². The van der Waals surface area contributed by atoms with Gasteiger partial charge >= 0.3 is 0 Å². The van der Waals surface area contributed by atoms with Gasteiger partial charge in [0.05, 0.1) is 0 Å². The van der Waals surface area contributed by atoms with E-state index in [4.69, 9.17) is 0 Å². The number of hydrogen-bond donors (Lipinski definition) is 1. The van der Waals surface area contributed by atoms with Gasteiger partial charge in [-0.2, -0.15) is 0 Å². The monoisotopic (exact) mass is 338 g/mol. The van der Waals surface area contributed by atoms with Crippen LogP contribution in [0.4, 0.5) is 0 Å². The minimum Gasteiger partial charge on any atom is -0.312 e. The largest absolute Gasteiger partial charge is 0.312 e. The number of rotatable bonds is 6. The van der Waals surface area contributed by atoms with E-state index in [-0.39, 0.29) is 0 Å². The second-order valence-electron chi connectivity index (χ2n) is 6.41. The highest BCUT2D eigenvalue weighted by Gasteiger charge is 2.20. The summed E-state index contributed by atoms with van der Waals surface area (Å²) < 4.78 is 1.25. The highest BCUT2D eigenvalue weighted by Crippen LogP contribution is 2.24. The Balaban J connectivity index is 1.91. The van der Waals surface area contributed by atoms with Gasteiger partial charge < -0.3 is 5.32 Å². The van der Waals surface area contributed by atoms with Gasteiger partial charge in [0.1, 0.15) is 0 Å². The molecule has 112 valence electrons. The first-order chi connectivity index (χ1) is 9.56. The van der Waals surface area contributed by atoms with E-state index in [1.165, 1.54) is 35.0 Å². The van der Waals surface area contributed by atoms with Crippen molar-refractivity contribution in [3.8, 4) is 0 Å². The number of hydrogen-bond acceptors (Lipinski definition) is 2. The van der Waals surface area contributed by atoms with Gasteiger partial charge in [-0.15, -0.1) is 0 Å². The van der Waals surface area contributed by atoms with Gasteiger partial charge in [-0.3, -0.25) is 4.90 Å². The third kappa shape index (κ3) is 4.57. The lowest BCUT2D eigenvalue weighted by Crippen LogP contribution is -2.26. The van der Waals surface area contributed by atoms with Crippen molar-refractivity contribution in [2.45, 2.75) is 52.7 Å². The fourth-order valence-corrected chi connectivity index (χ4v) is 3.33. The Bertz CT molecular complexity index is 431. The predicted molar refractivity (Wildman–Crippen MR) is 89.8 cm³/mol. The van der Waals surface area contributed by atoms with Gasteiger partial charge in [-0.25, -0.2) is 0 Å². The molecule has 0 aromatic heterocycles. The summed E-state index contributed by atoms with van der Waals surface area (Å²) in [6.07, 6.45) is 2.69. The summed E-state index contributed by atoms with van der Waals surface area (Å²) in [5, 5.41) is 3.50. The number of nitrogens with zero attached hydrogens (tertiary/aromatic N) is 1. The number of likely N-dealkylation sites (tertiary alicyclic amines) is 1. The highest BCUT2D eigenvalue weighted by molar-refractivity contribution is 9.10. The van der Waals surface area contributed by atoms with Crippen LogP contribution in [-0.4, -0.2) is 24.0 Å². The van der Waals surface area contributed by atoms with Crippen LogP contribution < -0.4 is 5.32 Å². The Morgan fingerprint density at radius 1 is 1.40 bits per heavy atom. The quantitative estimate of drug-likeness (QED) is 0.836. The van der Waals surface area contributed by atoms with Crippen LogP contribution in [0.1, 0.15) is 44.7 Å². The van der Waals surface area contributed by atoms with Crippen LogP contribution in [0.2, 0.25) is 0 Å². The van der Waals surface area contributed by atoms with Gasteiger partial charge in [-0.05, 0) is 56.0 Å². The van der Waals surface area contributed by atoms with Gasteiger partial charge in [0.15, 0.2) is 0 Å². The summed E-state index contributed by atoms with van der Waals surface area (Å²) >= 11 is 3.74. The zero-order valence-corrected chi connectivity index (χ0v) is 14.5. The molecule has 0 radical (unpaired) electrons. The zero-order valence-electron chi connectivity index (χ0n) is 13.0. The first kappa shape index (κ1) is 16.0. The third-order valence-corrected chi connectivity index (χ3v) is 4.80. The predicted octanol–water partition coefficient (Wildman–Crippen LogP) is 4.18. The minimum absolute atomic E-state index is 0.703. The fraction of sp³-hybridized carbons (Fsp3) is 0.647. The van der Waals surface area contributed by atoms with Gasteiger partial charge in [0.2, 0.25) is 0 Å². The average molecular weight is 339 g/mol. The van der Waals surface area contributed by atoms with Crippen LogP contribution in [0.5, 0.6) is 0 Å². The molecule has 1 aliphatic rings. The lowest BCUT2D eigenvalue weighted by molar-refractivity contribution is 0.260. The van der Waals surface area contributed by atoms with E-state index in [9.17, 15) is 0 Å². The van der Waals surface area contributed by atoms with Crippen molar-refractivity contribution >= 4 is 15.9 Å². The molecule has 2 nitrogen and oxygen atoms in total. The van der Waals surface area contributed by atoms with Gasteiger partial charge in [0.25, 0.3) is 0 Å². The van der Waals surface area contributed by atoms with Crippen LogP contribution in [0.3, 0.4) is 0 Å². The van der Waals surface area contributed by atoms with Crippen LogP contribution in [0.15, 0.2) is 22.7 Å². The maximum absolute atomic E-state index is 3.74. The molecule has 20 heavy (non-hydrogen) atoms.